The Balaban J connectivity index is 0.00000324. The molecule has 2 aromatic carbocycles. The second kappa shape index (κ2) is 11.4. The van der Waals surface area contributed by atoms with Crippen LogP contribution in [0.2, 0.25) is 0 Å². The zero-order valence-corrected chi connectivity index (χ0v) is 20.9. The summed E-state index contributed by atoms with van der Waals surface area (Å²) in [5.74, 6) is 2.77. The lowest BCUT2D eigenvalue weighted by Crippen LogP contribution is -2.28. The predicted octanol–water partition coefficient (Wildman–Crippen LogP) is 3.48. The van der Waals surface area contributed by atoms with Gasteiger partial charge < -0.3 is 23.8 Å². The maximum Gasteiger partial charge on any atom is 0.274 e. The van der Waals surface area contributed by atoms with Gasteiger partial charge in [-0.15, -0.1) is 12.4 Å². The van der Waals surface area contributed by atoms with E-state index in [1.807, 2.05) is 25.1 Å². The van der Waals surface area contributed by atoms with E-state index in [9.17, 15) is 4.79 Å². The number of ether oxygens (including phenoxy) is 4. The molecular formula is C25H32ClN3O5. The Morgan fingerprint density at radius 1 is 1.00 bits per heavy atom. The summed E-state index contributed by atoms with van der Waals surface area (Å²) in [7, 11) is 5.37. The van der Waals surface area contributed by atoms with Gasteiger partial charge in [-0.3, -0.25) is 4.79 Å². The highest BCUT2D eigenvalue weighted by atomic mass is 35.5. The van der Waals surface area contributed by atoms with Crippen molar-refractivity contribution in [2.45, 2.75) is 26.3 Å². The number of fused-ring (bicyclic) bond motifs is 2. The van der Waals surface area contributed by atoms with Crippen molar-refractivity contribution in [2.75, 3.05) is 47.6 Å². The van der Waals surface area contributed by atoms with Crippen molar-refractivity contribution >= 4 is 23.2 Å². The van der Waals surface area contributed by atoms with Crippen LogP contribution in [0.15, 0.2) is 35.1 Å². The van der Waals surface area contributed by atoms with E-state index in [0.29, 0.717) is 36.6 Å². The Bertz CT molecular complexity index is 1200. The van der Waals surface area contributed by atoms with Crippen molar-refractivity contribution in [3.05, 3.63) is 51.9 Å². The van der Waals surface area contributed by atoms with Crippen LogP contribution >= 0.6 is 12.4 Å². The molecule has 9 heteroatoms. The molecule has 3 aromatic rings. The third-order valence-electron chi connectivity index (χ3n) is 5.95. The number of hydrogen-bond donors (Lipinski definition) is 0. The summed E-state index contributed by atoms with van der Waals surface area (Å²) in [5, 5.41) is 5.97. The molecule has 0 radical (unpaired) electrons. The summed E-state index contributed by atoms with van der Waals surface area (Å²) in [6, 6.07) is 9.65. The predicted molar refractivity (Wildman–Crippen MR) is 134 cm³/mol. The number of halogens is 1. The summed E-state index contributed by atoms with van der Waals surface area (Å²) in [6.45, 7) is 5.25. The summed E-state index contributed by atoms with van der Waals surface area (Å²) >= 11 is 0. The monoisotopic (exact) mass is 489 g/mol. The first kappa shape index (κ1) is 25.6. The van der Waals surface area contributed by atoms with Gasteiger partial charge in [-0.25, -0.2) is 4.68 Å². The molecule has 0 aliphatic carbocycles. The van der Waals surface area contributed by atoms with Crippen molar-refractivity contribution < 1.29 is 18.9 Å². The van der Waals surface area contributed by atoms with Gasteiger partial charge in [-0.2, -0.15) is 5.10 Å². The standard InChI is InChI=1S/C25H31N3O5.ClH/c1-17-19-15-23-24(33-13-12-32-23)16-20(19)25(29)28(26-17)10-5-9-27(2)11-8-18-6-7-21(30-3)22(14-18)31-4;/h6-7,14-16H,5,8-13H2,1-4H3;1H. The van der Waals surface area contributed by atoms with Gasteiger partial charge in [0.25, 0.3) is 5.56 Å². The van der Waals surface area contributed by atoms with E-state index in [1.165, 1.54) is 5.56 Å². The van der Waals surface area contributed by atoms with E-state index in [4.69, 9.17) is 18.9 Å². The van der Waals surface area contributed by atoms with Gasteiger partial charge in [-0.1, -0.05) is 6.07 Å². The lowest BCUT2D eigenvalue weighted by atomic mass is 10.1. The van der Waals surface area contributed by atoms with Crippen LogP contribution in [0, 0.1) is 6.92 Å². The molecule has 2 heterocycles. The molecule has 4 rings (SSSR count). The van der Waals surface area contributed by atoms with Crippen molar-refractivity contribution in [1.82, 2.24) is 14.7 Å². The van der Waals surface area contributed by atoms with Crippen LogP contribution in [-0.2, 0) is 13.0 Å². The first-order chi connectivity index (χ1) is 16.0. The van der Waals surface area contributed by atoms with Crippen LogP contribution in [0.4, 0.5) is 0 Å². The first-order valence-corrected chi connectivity index (χ1v) is 11.2. The van der Waals surface area contributed by atoms with E-state index in [-0.39, 0.29) is 18.0 Å². The van der Waals surface area contributed by atoms with E-state index >= 15 is 0 Å². The largest absolute Gasteiger partial charge is 0.493 e. The zero-order valence-electron chi connectivity index (χ0n) is 20.1. The smallest absolute Gasteiger partial charge is 0.274 e. The number of likely N-dealkylation sites (N-methyl/N-ethyl adjacent to an activating group) is 1. The molecule has 0 saturated heterocycles. The number of hydrogen-bond acceptors (Lipinski definition) is 7. The lowest BCUT2D eigenvalue weighted by Gasteiger charge is -2.20. The van der Waals surface area contributed by atoms with Crippen LogP contribution < -0.4 is 24.5 Å². The van der Waals surface area contributed by atoms with Gasteiger partial charge in [0.05, 0.1) is 25.3 Å². The molecule has 0 amide bonds. The second-order valence-electron chi connectivity index (χ2n) is 8.25. The van der Waals surface area contributed by atoms with Gasteiger partial charge in [-0.05, 0) is 63.2 Å². The molecular weight excluding hydrogens is 458 g/mol. The highest BCUT2D eigenvalue weighted by Gasteiger charge is 2.17. The van der Waals surface area contributed by atoms with Crippen LogP contribution in [0.3, 0.4) is 0 Å². The number of aromatic nitrogens is 2. The van der Waals surface area contributed by atoms with Crippen LogP contribution in [0.1, 0.15) is 17.7 Å². The van der Waals surface area contributed by atoms with Crippen molar-refractivity contribution in [1.29, 1.82) is 0 Å². The average molecular weight is 490 g/mol. The number of aryl methyl sites for hydroxylation is 2. The minimum absolute atomic E-state index is 0. The quantitative estimate of drug-likeness (QED) is 0.455. The molecule has 0 fully saturated rings. The third-order valence-corrected chi connectivity index (χ3v) is 5.95. The summed E-state index contributed by atoms with van der Waals surface area (Å²) in [5.41, 5.74) is 1.90. The van der Waals surface area contributed by atoms with Gasteiger partial charge >= 0.3 is 0 Å². The Labute approximate surface area is 205 Å². The fourth-order valence-electron chi connectivity index (χ4n) is 4.09. The Morgan fingerprint density at radius 2 is 1.68 bits per heavy atom. The molecule has 0 saturated carbocycles. The van der Waals surface area contributed by atoms with E-state index < -0.39 is 0 Å². The van der Waals surface area contributed by atoms with E-state index in [1.54, 1.807) is 25.0 Å². The fraction of sp³-hybridized carbons (Fsp3) is 0.440. The molecule has 0 N–H and O–H groups in total. The van der Waals surface area contributed by atoms with Crippen LogP contribution in [0.5, 0.6) is 23.0 Å². The number of methoxy groups -OCH3 is 2. The number of rotatable bonds is 9. The first-order valence-electron chi connectivity index (χ1n) is 11.2. The summed E-state index contributed by atoms with van der Waals surface area (Å²) < 4.78 is 23.6. The fourth-order valence-corrected chi connectivity index (χ4v) is 4.09. The minimum atomic E-state index is -0.0967. The molecule has 184 valence electrons. The molecule has 0 spiro atoms. The Hall–Kier alpha value is -2.97. The molecule has 8 nitrogen and oxygen atoms in total. The maximum absolute atomic E-state index is 13.0. The van der Waals surface area contributed by atoms with Crippen molar-refractivity contribution in [2.24, 2.45) is 0 Å². The van der Waals surface area contributed by atoms with Gasteiger partial charge in [0, 0.05) is 18.5 Å². The lowest BCUT2D eigenvalue weighted by molar-refractivity contribution is 0.172. The maximum atomic E-state index is 13.0. The average Bonchev–Trinajstić information content (AvgIpc) is 2.84. The van der Waals surface area contributed by atoms with Crippen molar-refractivity contribution in [3.63, 3.8) is 0 Å². The Morgan fingerprint density at radius 3 is 2.35 bits per heavy atom. The van der Waals surface area contributed by atoms with Crippen LogP contribution in [0.25, 0.3) is 10.8 Å². The van der Waals surface area contributed by atoms with Gasteiger partial charge in [0.1, 0.15) is 13.2 Å². The SMILES string of the molecule is COc1ccc(CCN(C)CCCn2nc(C)c3cc4c(cc3c2=O)OCCO4)cc1OC.Cl. The number of benzene rings is 2. The minimum Gasteiger partial charge on any atom is -0.493 e. The summed E-state index contributed by atoms with van der Waals surface area (Å²) in [4.78, 5) is 15.3. The molecule has 34 heavy (non-hydrogen) atoms. The normalized spacial score (nSPS) is 12.5. The molecule has 1 aromatic heterocycles. The Kier molecular flexibility index (Phi) is 8.63. The van der Waals surface area contributed by atoms with Gasteiger partial charge in [0.2, 0.25) is 0 Å². The number of nitrogens with zero attached hydrogens (tertiary/aromatic N) is 3. The van der Waals surface area contributed by atoms with E-state index in [2.05, 4.69) is 23.1 Å². The van der Waals surface area contributed by atoms with Crippen molar-refractivity contribution in [3.8, 4) is 23.0 Å². The van der Waals surface area contributed by atoms with E-state index in [0.717, 1.165) is 48.5 Å². The highest BCUT2D eigenvalue weighted by molar-refractivity contribution is 5.87. The van der Waals surface area contributed by atoms with Gasteiger partial charge in [0.15, 0.2) is 23.0 Å². The second-order valence-corrected chi connectivity index (χ2v) is 8.25. The summed E-state index contributed by atoms with van der Waals surface area (Å²) in [6.07, 6.45) is 1.72. The molecule has 0 bridgehead atoms. The molecule has 1 aliphatic heterocycles. The molecule has 1 aliphatic rings. The topological polar surface area (TPSA) is 75.1 Å². The molecule has 0 unspecified atom stereocenters. The zero-order chi connectivity index (χ0) is 23.4. The highest BCUT2D eigenvalue weighted by Crippen LogP contribution is 2.34. The third kappa shape index (κ3) is 5.56. The molecule has 0 atom stereocenters. The van der Waals surface area contributed by atoms with Crippen LogP contribution in [-0.4, -0.2) is 62.3 Å².